The molecule has 1 fully saturated rings. The average Bonchev–Trinajstić information content (AvgIpc) is 3.22. The van der Waals surface area contributed by atoms with E-state index in [4.69, 9.17) is 15.0 Å². The molecule has 1 amide bonds. The molecular formula is C18H20N4O5S. The standard InChI is InChI=1S/C18H20N4O5S/c1-10-15(11(2)27-21-10)12-3-4-14-13(9-12)17(16(20-14)18(19)23)28(24,25)22-5-7-26-8-6-22/h3-4,9,20H,5-8H2,1-2H3,(H2,19,23). The molecule has 10 heteroatoms. The van der Waals surface area contributed by atoms with E-state index in [0.717, 1.165) is 11.1 Å². The van der Waals surface area contributed by atoms with Gasteiger partial charge in [-0.2, -0.15) is 4.31 Å². The monoisotopic (exact) mass is 404 g/mol. The first-order chi connectivity index (χ1) is 13.3. The highest BCUT2D eigenvalue weighted by atomic mass is 32.2. The number of aromatic nitrogens is 2. The fourth-order valence-corrected chi connectivity index (χ4v) is 5.32. The second-order valence-electron chi connectivity index (χ2n) is 6.67. The summed E-state index contributed by atoms with van der Waals surface area (Å²) in [6.45, 7) is 4.65. The van der Waals surface area contributed by atoms with Crippen LogP contribution in [0.15, 0.2) is 27.6 Å². The summed E-state index contributed by atoms with van der Waals surface area (Å²) in [7, 11) is -3.94. The number of carbonyl (C=O) groups excluding carboxylic acids is 1. The van der Waals surface area contributed by atoms with E-state index in [-0.39, 0.29) is 23.7 Å². The molecule has 1 aliphatic rings. The lowest BCUT2D eigenvalue weighted by Gasteiger charge is -2.26. The van der Waals surface area contributed by atoms with Crippen molar-refractivity contribution in [3.05, 3.63) is 35.3 Å². The van der Waals surface area contributed by atoms with Crippen LogP contribution >= 0.6 is 0 Å². The molecule has 148 valence electrons. The number of ether oxygens (including phenoxy) is 1. The number of aromatic amines is 1. The summed E-state index contributed by atoms with van der Waals surface area (Å²) >= 11 is 0. The molecule has 1 saturated heterocycles. The molecule has 3 N–H and O–H groups in total. The Morgan fingerprint density at radius 1 is 1.25 bits per heavy atom. The average molecular weight is 404 g/mol. The minimum absolute atomic E-state index is 0.106. The predicted molar refractivity (Wildman–Crippen MR) is 101 cm³/mol. The lowest BCUT2D eigenvalue weighted by atomic mass is 10.0. The molecule has 0 spiro atoms. The lowest BCUT2D eigenvalue weighted by Crippen LogP contribution is -2.41. The minimum atomic E-state index is -3.94. The van der Waals surface area contributed by atoms with Gasteiger partial charge in [0, 0.05) is 29.6 Å². The number of primary amides is 1. The molecule has 0 saturated carbocycles. The number of nitrogens with zero attached hydrogens (tertiary/aromatic N) is 2. The van der Waals surface area contributed by atoms with Crippen LogP contribution in [0, 0.1) is 13.8 Å². The van der Waals surface area contributed by atoms with Crippen LogP contribution in [0.2, 0.25) is 0 Å². The Morgan fingerprint density at radius 2 is 1.96 bits per heavy atom. The highest BCUT2D eigenvalue weighted by molar-refractivity contribution is 7.89. The van der Waals surface area contributed by atoms with E-state index in [1.165, 1.54) is 4.31 Å². The number of H-pyrrole nitrogens is 1. The number of nitrogens with one attached hydrogen (secondary N) is 1. The van der Waals surface area contributed by atoms with Crippen LogP contribution in [0.25, 0.3) is 22.0 Å². The Bertz CT molecular complexity index is 1150. The fraction of sp³-hybridized carbons (Fsp3) is 0.333. The summed E-state index contributed by atoms with van der Waals surface area (Å²) in [6.07, 6.45) is 0. The third kappa shape index (κ3) is 2.89. The normalized spacial score (nSPS) is 15.9. The Labute approximate surface area is 161 Å². The quantitative estimate of drug-likeness (QED) is 0.678. The van der Waals surface area contributed by atoms with Crippen LogP contribution < -0.4 is 5.73 Å². The number of aryl methyl sites for hydroxylation is 2. The van der Waals surface area contributed by atoms with Crippen molar-refractivity contribution in [3.63, 3.8) is 0 Å². The van der Waals surface area contributed by atoms with Crippen molar-refractivity contribution in [1.29, 1.82) is 0 Å². The van der Waals surface area contributed by atoms with Gasteiger partial charge in [-0.05, 0) is 31.5 Å². The van der Waals surface area contributed by atoms with E-state index in [0.29, 0.717) is 35.6 Å². The first-order valence-corrected chi connectivity index (χ1v) is 10.2. The molecule has 2 aromatic heterocycles. The van der Waals surface area contributed by atoms with Crippen molar-refractivity contribution >= 4 is 26.8 Å². The maximum absolute atomic E-state index is 13.3. The maximum Gasteiger partial charge on any atom is 0.266 e. The highest BCUT2D eigenvalue weighted by Gasteiger charge is 2.33. The van der Waals surface area contributed by atoms with Crippen LogP contribution in [0.3, 0.4) is 0 Å². The number of rotatable bonds is 4. The van der Waals surface area contributed by atoms with Gasteiger partial charge < -0.3 is 20.0 Å². The van der Waals surface area contributed by atoms with Crippen molar-refractivity contribution in [1.82, 2.24) is 14.4 Å². The van der Waals surface area contributed by atoms with Gasteiger partial charge in [-0.3, -0.25) is 4.79 Å². The van der Waals surface area contributed by atoms with Gasteiger partial charge in [0.1, 0.15) is 16.3 Å². The van der Waals surface area contributed by atoms with Crippen LogP contribution in [-0.2, 0) is 14.8 Å². The molecule has 1 aromatic carbocycles. The number of fused-ring (bicyclic) bond motifs is 1. The van der Waals surface area contributed by atoms with E-state index >= 15 is 0 Å². The number of carbonyl (C=O) groups is 1. The van der Waals surface area contributed by atoms with Gasteiger partial charge in [-0.15, -0.1) is 0 Å². The molecule has 0 atom stereocenters. The Hall–Kier alpha value is -2.69. The van der Waals surface area contributed by atoms with Gasteiger partial charge in [-0.25, -0.2) is 8.42 Å². The first-order valence-electron chi connectivity index (χ1n) is 8.77. The summed E-state index contributed by atoms with van der Waals surface area (Å²) in [5.74, 6) is -0.206. The van der Waals surface area contributed by atoms with Gasteiger partial charge in [-0.1, -0.05) is 11.2 Å². The topological polar surface area (TPSA) is 132 Å². The van der Waals surface area contributed by atoms with Crippen molar-refractivity contribution in [2.45, 2.75) is 18.7 Å². The molecule has 1 aliphatic heterocycles. The van der Waals surface area contributed by atoms with Crippen LogP contribution in [-0.4, -0.2) is 55.1 Å². The number of hydrogen-bond acceptors (Lipinski definition) is 6. The molecule has 3 heterocycles. The van der Waals surface area contributed by atoms with Crippen molar-refractivity contribution in [2.24, 2.45) is 5.73 Å². The van der Waals surface area contributed by atoms with Gasteiger partial charge in [0.15, 0.2) is 0 Å². The SMILES string of the molecule is Cc1noc(C)c1-c1ccc2[nH]c(C(N)=O)c(S(=O)(=O)N3CCOCC3)c2c1. The van der Waals surface area contributed by atoms with Crippen LogP contribution in [0.1, 0.15) is 21.9 Å². The summed E-state index contributed by atoms with van der Waals surface area (Å²) in [5, 5.41) is 4.35. The second-order valence-corrected chi connectivity index (χ2v) is 8.54. The van der Waals surface area contributed by atoms with E-state index < -0.39 is 15.9 Å². The van der Waals surface area contributed by atoms with Crippen molar-refractivity contribution in [2.75, 3.05) is 26.3 Å². The number of sulfonamides is 1. The lowest BCUT2D eigenvalue weighted by molar-refractivity contribution is 0.0730. The smallest absolute Gasteiger partial charge is 0.266 e. The maximum atomic E-state index is 13.3. The zero-order valence-corrected chi connectivity index (χ0v) is 16.3. The first kappa shape index (κ1) is 18.7. The molecule has 9 nitrogen and oxygen atoms in total. The fourth-order valence-electron chi connectivity index (χ4n) is 3.58. The van der Waals surface area contributed by atoms with Crippen LogP contribution in [0.4, 0.5) is 0 Å². The van der Waals surface area contributed by atoms with E-state index in [9.17, 15) is 13.2 Å². The number of benzene rings is 1. The Morgan fingerprint density at radius 3 is 2.57 bits per heavy atom. The number of hydrogen-bond donors (Lipinski definition) is 2. The molecule has 0 unspecified atom stereocenters. The summed E-state index contributed by atoms with van der Waals surface area (Å²) in [5.41, 5.74) is 8.10. The number of morpholine rings is 1. The van der Waals surface area contributed by atoms with Crippen molar-refractivity contribution in [3.8, 4) is 11.1 Å². The highest BCUT2D eigenvalue weighted by Crippen LogP contribution is 2.35. The molecule has 0 bridgehead atoms. The number of nitrogens with two attached hydrogens (primary N) is 1. The van der Waals surface area contributed by atoms with Gasteiger partial charge in [0.25, 0.3) is 5.91 Å². The zero-order valence-electron chi connectivity index (χ0n) is 15.5. The summed E-state index contributed by atoms with van der Waals surface area (Å²) in [6, 6.07) is 5.26. The van der Waals surface area contributed by atoms with Gasteiger partial charge in [0.05, 0.1) is 18.9 Å². The third-order valence-electron chi connectivity index (χ3n) is 4.89. The van der Waals surface area contributed by atoms with Crippen LogP contribution in [0.5, 0.6) is 0 Å². The largest absolute Gasteiger partial charge is 0.379 e. The summed E-state index contributed by atoms with van der Waals surface area (Å²) in [4.78, 5) is 14.8. The molecule has 3 aromatic rings. The van der Waals surface area contributed by atoms with Gasteiger partial charge >= 0.3 is 0 Å². The Kier molecular flexibility index (Phi) is 4.48. The minimum Gasteiger partial charge on any atom is -0.379 e. The second kappa shape index (κ2) is 6.73. The van der Waals surface area contributed by atoms with Crippen molar-refractivity contribution < 1.29 is 22.5 Å². The number of amides is 1. The molecule has 0 radical (unpaired) electrons. The Balaban J connectivity index is 1.96. The molecular weight excluding hydrogens is 384 g/mol. The molecule has 0 aliphatic carbocycles. The van der Waals surface area contributed by atoms with E-state index in [1.807, 2.05) is 13.0 Å². The van der Waals surface area contributed by atoms with E-state index in [1.54, 1.807) is 19.1 Å². The van der Waals surface area contributed by atoms with Gasteiger partial charge in [0.2, 0.25) is 10.0 Å². The third-order valence-corrected chi connectivity index (χ3v) is 6.87. The molecule has 4 rings (SSSR count). The predicted octanol–water partition coefficient (Wildman–Crippen LogP) is 1.56. The molecule has 28 heavy (non-hydrogen) atoms. The van der Waals surface area contributed by atoms with E-state index in [2.05, 4.69) is 10.1 Å². The summed E-state index contributed by atoms with van der Waals surface area (Å²) < 4.78 is 38.5. The zero-order chi connectivity index (χ0) is 20.1.